The van der Waals surface area contributed by atoms with Gasteiger partial charge >= 0.3 is 6.03 Å². The summed E-state index contributed by atoms with van der Waals surface area (Å²) in [6, 6.07) is 6.76. The number of carbonyl (C=O) groups excluding carboxylic acids is 2. The van der Waals surface area contributed by atoms with Crippen LogP contribution in [0.5, 0.6) is 0 Å². The van der Waals surface area contributed by atoms with Crippen LogP contribution in [0.15, 0.2) is 24.3 Å². The minimum Gasteiger partial charge on any atom is -0.320 e. The Bertz CT molecular complexity index is 912. The molecule has 3 heterocycles. The number of rotatable bonds is 1. The van der Waals surface area contributed by atoms with Crippen LogP contribution < -0.4 is 5.32 Å². The Labute approximate surface area is 161 Å². The van der Waals surface area contributed by atoms with Crippen LogP contribution in [0.4, 0.5) is 10.5 Å². The summed E-state index contributed by atoms with van der Waals surface area (Å²) >= 11 is 5.97. The molecule has 4 rings (SSSR count). The maximum absolute atomic E-state index is 12.7. The second-order valence-electron chi connectivity index (χ2n) is 6.79. The van der Waals surface area contributed by atoms with Gasteiger partial charge in [0.05, 0.1) is 18.8 Å². The molecular weight excluding hydrogens is 370 g/mol. The Morgan fingerprint density at radius 3 is 3.00 bits per heavy atom. The highest BCUT2D eigenvalue weighted by molar-refractivity contribution is 6.30. The van der Waals surface area contributed by atoms with Crippen molar-refractivity contribution in [3.63, 3.8) is 0 Å². The molecular formula is C18H20ClN5O3. The number of anilines is 1. The lowest BCUT2D eigenvalue weighted by molar-refractivity contribution is -0.141. The number of halogens is 1. The zero-order valence-electron chi connectivity index (χ0n) is 15.1. The SMILES string of the molecule is CC1Cn2nc3c(c2C(=O)N(C)O1)CN(C(=O)Nc1cccc(Cl)c1)CC3. The maximum Gasteiger partial charge on any atom is 0.322 e. The Morgan fingerprint density at radius 1 is 1.41 bits per heavy atom. The largest absolute Gasteiger partial charge is 0.322 e. The first-order valence-corrected chi connectivity index (χ1v) is 9.15. The summed E-state index contributed by atoms with van der Waals surface area (Å²) in [7, 11) is 1.60. The molecule has 2 aliphatic heterocycles. The lowest BCUT2D eigenvalue weighted by Crippen LogP contribution is -2.39. The number of hydrogen-bond donors (Lipinski definition) is 1. The lowest BCUT2D eigenvalue weighted by Gasteiger charge is -2.27. The van der Waals surface area contributed by atoms with Gasteiger partial charge in [0.15, 0.2) is 0 Å². The van der Waals surface area contributed by atoms with E-state index in [1.54, 1.807) is 40.9 Å². The first-order chi connectivity index (χ1) is 12.9. The standard InChI is InChI=1S/C18H20ClN5O3/c1-11-9-24-16(17(25)22(2)27-11)14-10-23(7-6-15(14)21-24)18(26)20-13-5-3-4-12(19)8-13/h3-5,8,11H,6-7,9-10H2,1-2H3,(H,20,26). The van der Waals surface area contributed by atoms with Crippen LogP contribution in [0, 0.1) is 0 Å². The third kappa shape index (κ3) is 3.38. The number of nitrogens with zero attached hydrogens (tertiary/aromatic N) is 4. The summed E-state index contributed by atoms with van der Waals surface area (Å²) in [5.74, 6) is -0.245. The predicted octanol–water partition coefficient (Wildman–Crippen LogP) is 2.53. The molecule has 1 unspecified atom stereocenters. The second kappa shape index (κ2) is 6.86. The summed E-state index contributed by atoms with van der Waals surface area (Å²) in [5, 5.41) is 9.24. The van der Waals surface area contributed by atoms with Crippen LogP contribution in [-0.2, 0) is 24.3 Å². The molecule has 0 bridgehead atoms. The molecule has 0 saturated carbocycles. The van der Waals surface area contributed by atoms with Crippen molar-refractivity contribution in [3.05, 3.63) is 46.2 Å². The lowest BCUT2D eigenvalue weighted by atomic mass is 10.1. The fourth-order valence-electron chi connectivity index (χ4n) is 3.48. The molecule has 1 atom stereocenters. The van der Waals surface area contributed by atoms with Gasteiger partial charge < -0.3 is 10.2 Å². The molecule has 142 valence electrons. The molecule has 9 heteroatoms. The highest BCUT2D eigenvalue weighted by Crippen LogP contribution is 2.26. The average Bonchev–Trinajstić information content (AvgIpc) is 2.92. The maximum atomic E-state index is 12.7. The molecule has 8 nitrogen and oxygen atoms in total. The minimum absolute atomic E-state index is 0.163. The fraction of sp³-hybridized carbons (Fsp3) is 0.389. The average molecular weight is 390 g/mol. The number of hydrogen-bond acceptors (Lipinski definition) is 4. The van der Waals surface area contributed by atoms with E-state index in [4.69, 9.17) is 16.4 Å². The normalized spacial score (nSPS) is 19.4. The third-order valence-corrected chi connectivity index (χ3v) is 4.96. The molecule has 1 N–H and O–H groups in total. The van der Waals surface area contributed by atoms with Gasteiger partial charge in [-0.3, -0.25) is 14.3 Å². The van der Waals surface area contributed by atoms with Crippen molar-refractivity contribution in [1.82, 2.24) is 19.7 Å². The molecule has 0 radical (unpaired) electrons. The first kappa shape index (κ1) is 17.8. The number of benzene rings is 1. The monoisotopic (exact) mass is 389 g/mol. The molecule has 3 amide bonds. The predicted molar refractivity (Wildman–Crippen MR) is 99.5 cm³/mol. The molecule has 27 heavy (non-hydrogen) atoms. The van der Waals surface area contributed by atoms with E-state index >= 15 is 0 Å². The number of amides is 3. The molecule has 2 aliphatic rings. The van der Waals surface area contributed by atoms with E-state index in [-0.39, 0.29) is 18.0 Å². The first-order valence-electron chi connectivity index (χ1n) is 8.77. The smallest absolute Gasteiger partial charge is 0.320 e. The highest BCUT2D eigenvalue weighted by Gasteiger charge is 2.34. The van der Waals surface area contributed by atoms with Gasteiger partial charge in [-0.1, -0.05) is 17.7 Å². The quantitative estimate of drug-likeness (QED) is 0.812. The molecule has 1 aromatic heterocycles. The summed E-state index contributed by atoms with van der Waals surface area (Å²) in [6.45, 7) is 3.24. The van der Waals surface area contributed by atoms with E-state index in [0.29, 0.717) is 42.5 Å². The van der Waals surface area contributed by atoms with Gasteiger partial charge in [0, 0.05) is 36.3 Å². The topological polar surface area (TPSA) is 79.7 Å². The summed E-state index contributed by atoms with van der Waals surface area (Å²) in [6.07, 6.45) is 0.439. The molecule has 0 fully saturated rings. The number of aromatic nitrogens is 2. The summed E-state index contributed by atoms with van der Waals surface area (Å²) in [5.41, 5.74) is 2.78. The van der Waals surface area contributed by atoms with Crippen LogP contribution in [0.3, 0.4) is 0 Å². The molecule has 2 aromatic rings. The van der Waals surface area contributed by atoms with Crippen molar-refractivity contribution in [2.75, 3.05) is 18.9 Å². The van der Waals surface area contributed by atoms with Gasteiger partial charge in [-0.25, -0.2) is 9.86 Å². The van der Waals surface area contributed by atoms with E-state index in [1.165, 1.54) is 5.06 Å². The van der Waals surface area contributed by atoms with Gasteiger partial charge in [-0.05, 0) is 25.1 Å². The zero-order valence-corrected chi connectivity index (χ0v) is 15.9. The van der Waals surface area contributed by atoms with Gasteiger partial charge in [-0.2, -0.15) is 5.10 Å². The van der Waals surface area contributed by atoms with E-state index in [2.05, 4.69) is 10.4 Å². The fourth-order valence-corrected chi connectivity index (χ4v) is 3.67. The summed E-state index contributed by atoms with van der Waals surface area (Å²) < 4.78 is 1.71. The van der Waals surface area contributed by atoms with Crippen LogP contribution in [0.25, 0.3) is 0 Å². The number of hydroxylamine groups is 2. The Morgan fingerprint density at radius 2 is 2.22 bits per heavy atom. The van der Waals surface area contributed by atoms with Crippen LogP contribution in [0.2, 0.25) is 5.02 Å². The summed E-state index contributed by atoms with van der Waals surface area (Å²) in [4.78, 5) is 32.6. The van der Waals surface area contributed by atoms with E-state index in [0.717, 1.165) is 11.3 Å². The number of urea groups is 1. The van der Waals surface area contributed by atoms with Crippen molar-refractivity contribution in [3.8, 4) is 0 Å². The number of fused-ring (bicyclic) bond motifs is 3. The molecule has 0 saturated heterocycles. The van der Waals surface area contributed by atoms with Gasteiger partial charge in [0.1, 0.15) is 11.8 Å². The van der Waals surface area contributed by atoms with E-state index in [1.807, 2.05) is 6.92 Å². The van der Waals surface area contributed by atoms with Crippen molar-refractivity contribution < 1.29 is 14.4 Å². The molecule has 0 aliphatic carbocycles. The van der Waals surface area contributed by atoms with E-state index < -0.39 is 0 Å². The number of carbonyl (C=O) groups is 2. The van der Waals surface area contributed by atoms with Crippen molar-refractivity contribution in [1.29, 1.82) is 0 Å². The molecule has 1 aromatic carbocycles. The highest BCUT2D eigenvalue weighted by atomic mass is 35.5. The van der Waals surface area contributed by atoms with E-state index in [9.17, 15) is 9.59 Å². The van der Waals surface area contributed by atoms with Gasteiger partial charge in [0.2, 0.25) is 0 Å². The minimum atomic E-state index is -0.245. The third-order valence-electron chi connectivity index (χ3n) is 4.72. The van der Waals surface area contributed by atoms with Crippen LogP contribution >= 0.6 is 11.6 Å². The van der Waals surface area contributed by atoms with Crippen LogP contribution in [0.1, 0.15) is 28.7 Å². The second-order valence-corrected chi connectivity index (χ2v) is 7.22. The Hall–Kier alpha value is -2.58. The van der Waals surface area contributed by atoms with Crippen molar-refractivity contribution in [2.45, 2.75) is 32.5 Å². The van der Waals surface area contributed by atoms with Crippen molar-refractivity contribution >= 4 is 29.2 Å². The van der Waals surface area contributed by atoms with Gasteiger partial charge in [-0.15, -0.1) is 0 Å². The number of nitrogens with one attached hydrogen (secondary N) is 1. The Kier molecular flexibility index (Phi) is 4.53. The van der Waals surface area contributed by atoms with Crippen LogP contribution in [-0.4, -0.2) is 51.4 Å². The van der Waals surface area contributed by atoms with Gasteiger partial charge in [0.25, 0.3) is 5.91 Å². The Balaban J connectivity index is 1.58. The zero-order chi connectivity index (χ0) is 19.1. The molecule has 0 spiro atoms. The van der Waals surface area contributed by atoms with Crippen molar-refractivity contribution in [2.24, 2.45) is 0 Å².